The molecule has 2 heterocycles. The molecule has 1 fully saturated rings. The van der Waals surface area contributed by atoms with Gasteiger partial charge in [0.25, 0.3) is 0 Å². The zero-order valence-corrected chi connectivity index (χ0v) is 13.3. The van der Waals surface area contributed by atoms with Gasteiger partial charge in [-0.2, -0.15) is 5.10 Å². The molecule has 1 saturated heterocycles. The van der Waals surface area contributed by atoms with Crippen LogP contribution in [0.3, 0.4) is 0 Å². The highest BCUT2D eigenvalue weighted by Gasteiger charge is 2.22. The van der Waals surface area contributed by atoms with Crippen LogP contribution in [0.2, 0.25) is 0 Å². The average Bonchev–Trinajstić information content (AvgIpc) is 2.88. The summed E-state index contributed by atoms with van der Waals surface area (Å²) in [6.45, 7) is 3.69. The van der Waals surface area contributed by atoms with Crippen molar-refractivity contribution in [2.75, 3.05) is 18.4 Å². The summed E-state index contributed by atoms with van der Waals surface area (Å²) in [5, 5.41) is 16.9. The Labute approximate surface area is 135 Å². The Hall–Kier alpha value is -2.34. The predicted molar refractivity (Wildman–Crippen MR) is 88.3 cm³/mol. The number of benzene rings is 1. The van der Waals surface area contributed by atoms with Crippen LogP contribution in [0.15, 0.2) is 36.4 Å². The highest BCUT2D eigenvalue weighted by molar-refractivity contribution is 5.88. The SMILES string of the molecule is Cc1cc(NC(=O)N2CCC(O)CC2)n(Cc2ccccc2)n1. The summed E-state index contributed by atoms with van der Waals surface area (Å²) in [7, 11) is 0. The summed E-state index contributed by atoms with van der Waals surface area (Å²) in [6, 6.07) is 11.8. The Balaban J connectivity index is 1.69. The number of aliphatic hydroxyl groups excluding tert-OH is 1. The van der Waals surface area contributed by atoms with Gasteiger partial charge in [-0.3, -0.25) is 5.32 Å². The first kappa shape index (κ1) is 15.6. The number of carbonyl (C=O) groups is 1. The minimum atomic E-state index is -0.287. The van der Waals surface area contributed by atoms with Gasteiger partial charge in [-0.15, -0.1) is 0 Å². The zero-order valence-electron chi connectivity index (χ0n) is 13.3. The van der Waals surface area contributed by atoms with Gasteiger partial charge in [0.15, 0.2) is 0 Å². The maximum absolute atomic E-state index is 12.4. The molecule has 0 saturated carbocycles. The monoisotopic (exact) mass is 314 g/mol. The Kier molecular flexibility index (Phi) is 4.62. The number of aryl methyl sites for hydroxylation is 1. The Bertz CT molecular complexity index is 660. The van der Waals surface area contributed by atoms with E-state index in [-0.39, 0.29) is 12.1 Å². The summed E-state index contributed by atoms with van der Waals surface area (Å²) in [4.78, 5) is 14.1. The van der Waals surface area contributed by atoms with Crippen LogP contribution in [-0.4, -0.2) is 45.0 Å². The van der Waals surface area contributed by atoms with Crippen molar-refractivity contribution in [1.82, 2.24) is 14.7 Å². The lowest BCUT2D eigenvalue weighted by Gasteiger charge is -2.29. The van der Waals surface area contributed by atoms with Crippen LogP contribution >= 0.6 is 0 Å². The van der Waals surface area contributed by atoms with Crippen molar-refractivity contribution < 1.29 is 9.90 Å². The first-order valence-corrected chi connectivity index (χ1v) is 7.94. The summed E-state index contributed by atoms with van der Waals surface area (Å²) in [5.74, 6) is 0.697. The van der Waals surface area contributed by atoms with Crippen molar-refractivity contribution >= 4 is 11.8 Å². The number of anilines is 1. The highest BCUT2D eigenvalue weighted by atomic mass is 16.3. The summed E-state index contributed by atoms with van der Waals surface area (Å²) >= 11 is 0. The number of amides is 2. The van der Waals surface area contributed by atoms with E-state index in [1.165, 1.54) is 0 Å². The number of likely N-dealkylation sites (tertiary alicyclic amines) is 1. The highest BCUT2D eigenvalue weighted by Crippen LogP contribution is 2.16. The molecular formula is C17H22N4O2. The molecule has 0 aliphatic carbocycles. The van der Waals surface area contributed by atoms with E-state index in [1.807, 2.05) is 43.3 Å². The summed E-state index contributed by atoms with van der Waals surface area (Å²) in [6.07, 6.45) is 0.982. The Morgan fingerprint density at radius 2 is 2.00 bits per heavy atom. The molecule has 1 aliphatic rings. The molecule has 1 aromatic carbocycles. The van der Waals surface area contributed by atoms with E-state index in [9.17, 15) is 9.90 Å². The topological polar surface area (TPSA) is 70.4 Å². The van der Waals surface area contributed by atoms with E-state index in [1.54, 1.807) is 9.58 Å². The summed E-state index contributed by atoms with van der Waals surface area (Å²) in [5.41, 5.74) is 2.00. The molecule has 0 unspecified atom stereocenters. The van der Waals surface area contributed by atoms with Gasteiger partial charge in [-0.25, -0.2) is 9.48 Å². The molecule has 6 nitrogen and oxygen atoms in total. The fourth-order valence-corrected chi connectivity index (χ4v) is 2.78. The quantitative estimate of drug-likeness (QED) is 0.912. The number of rotatable bonds is 3. The molecule has 2 aromatic rings. The van der Waals surface area contributed by atoms with Crippen LogP contribution in [0.25, 0.3) is 0 Å². The van der Waals surface area contributed by atoms with Gasteiger partial charge >= 0.3 is 6.03 Å². The third-order valence-corrected chi connectivity index (χ3v) is 4.06. The van der Waals surface area contributed by atoms with E-state index >= 15 is 0 Å². The van der Waals surface area contributed by atoms with Crippen LogP contribution in [0.4, 0.5) is 10.6 Å². The van der Waals surface area contributed by atoms with Gasteiger partial charge in [-0.05, 0) is 25.3 Å². The van der Waals surface area contributed by atoms with Crippen molar-refractivity contribution in [2.45, 2.75) is 32.4 Å². The number of piperidine rings is 1. The number of hydrogen-bond donors (Lipinski definition) is 2. The van der Waals surface area contributed by atoms with Crippen LogP contribution < -0.4 is 5.32 Å². The normalized spacial score (nSPS) is 15.7. The van der Waals surface area contributed by atoms with Gasteiger partial charge in [0.2, 0.25) is 0 Å². The fourth-order valence-electron chi connectivity index (χ4n) is 2.78. The molecule has 2 N–H and O–H groups in total. The molecule has 6 heteroatoms. The average molecular weight is 314 g/mol. The predicted octanol–water partition coefficient (Wildman–Crippen LogP) is 2.23. The lowest BCUT2D eigenvalue weighted by atomic mass is 10.1. The number of nitrogens with zero attached hydrogens (tertiary/aromatic N) is 3. The fraction of sp³-hybridized carbons (Fsp3) is 0.412. The lowest BCUT2D eigenvalue weighted by molar-refractivity contribution is 0.0971. The van der Waals surface area contributed by atoms with E-state index in [0.29, 0.717) is 38.3 Å². The third-order valence-electron chi connectivity index (χ3n) is 4.06. The van der Waals surface area contributed by atoms with Crippen molar-refractivity contribution in [3.63, 3.8) is 0 Å². The van der Waals surface area contributed by atoms with Crippen molar-refractivity contribution in [1.29, 1.82) is 0 Å². The second-order valence-corrected chi connectivity index (χ2v) is 5.96. The number of nitrogens with one attached hydrogen (secondary N) is 1. The maximum Gasteiger partial charge on any atom is 0.323 e. The molecule has 122 valence electrons. The van der Waals surface area contributed by atoms with Crippen LogP contribution in [0.5, 0.6) is 0 Å². The second-order valence-electron chi connectivity index (χ2n) is 5.96. The largest absolute Gasteiger partial charge is 0.393 e. The van der Waals surface area contributed by atoms with Crippen LogP contribution in [0.1, 0.15) is 24.1 Å². The van der Waals surface area contributed by atoms with E-state index in [4.69, 9.17) is 0 Å². The molecule has 0 atom stereocenters. The molecule has 3 rings (SSSR count). The van der Waals surface area contributed by atoms with E-state index in [2.05, 4.69) is 10.4 Å². The van der Waals surface area contributed by atoms with Crippen LogP contribution in [-0.2, 0) is 6.54 Å². The zero-order chi connectivity index (χ0) is 16.2. The number of hydrogen-bond acceptors (Lipinski definition) is 3. The molecule has 0 radical (unpaired) electrons. The first-order chi connectivity index (χ1) is 11.1. The van der Waals surface area contributed by atoms with Crippen molar-refractivity contribution in [3.8, 4) is 0 Å². The van der Waals surface area contributed by atoms with Gasteiger partial charge < -0.3 is 10.0 Å². The second kappa shape index (κ2) is 6.83. The van der Waals surface area contributed by atoms with E-state index in [0.717, 1.165) is 11.3 Å². The van der Waals surface area contributed by atoms with Gasteiger partial charge in [-0.1, -0.05) is 30.3 Å². The Morgan fingerprint density at radius 1 is 1.30 bits per heavy atom. The maximum atomic E-state index is 12.4. The number of aromatic nitrogens is 2. The van der Waals surface area contributed by atoms with Gasteiger partial charge in [0.05, 0.1) is 18.3 Å². The minimum absolute atomic E-state index is 0.133. The van der Waals surface area contributed by atoms with Gasteiger partial charge in [0, 0.05) is 19.2 Å². The number of aliphatic hydroxyl groups is 1. The standard InChI is InChI=1S/C17H22N4O2/c1-13-11-16(18-17(23)20-9-7-15(22)8-10-20)21(19-13)12-14-5-3-2-4-6-14/h2-6,11,15,22H,7-10,12H2,1H3,(H,18,23). The van der Waals surface area contributed by atoms with Crippen LogP contribution in [0, 0.1) is 6.92 Å². The lowest BCUT2D eigenvalue weighted by Crippen LogP contribution is -2.42. The molecular weight excluding hydrogens is 292 g/mol. The first-order valence-electron chi connectivity index (χ1n) is 7.94. The molecule has 0 spiro atoms. The van der Waals surface area contributed by atoms with E-state index < -0.39 is 0 Å². The number of carbonyl (C=O) groups excluding carboxylic acids is 1. The molecule has 1 aromatic heterocycles. The third kappa shape index (κ3) is 3.90. The Morgan fingerprint density at radius 3 is 2.70 bits per heavy atom. The molecule has 0 bridgehead atoms. The number of urea groups is 1. The molecule has 23 heavy (non-hydrogen) atoms. The van der Waals surface area contributed by atoms with Gasteiger partial charge in [0.1, 0.15) is 5.82 Å². The molecule has 1 aliphatic heterocycles. The molecule has 2 amide bonds. The van der Waals surface area contributed by atoms with Crippen molar-refractivity contribution in [2.24, 2.45) is 0 Å². The van der Waals surface area contributed by atoms with Crippen molar-refractivity contribution in [3.05, 3.63) is 47.7 Å². The minimum Gasteiger partial charge on any atom is -0.393 e. The smallest absolute Gasteiger partial charge is 0.323 e. The summed E-state index contributed by atoms with van der Waals surface area (Å²) < 4.78 is 1.81.